The van der Waals surface area contributed by atoms with Crippen LogP contribution in [0.1, 0.15) is 29.9 Å². The number of carbonyl (C=O) groups excluding carboxylic acids is 1. The van der Waals surface area contributed by atoms with E-state index in [2.05, 4.69) is 10.3 Å². The SMILES string of the molecule is CNc1cc(C(=O)N(CC(F)(F)F)C(C)C)cc(C)n1. The topological polar surface area (TPSA) is 45.2 Å². The minimum Gasteiger partial charge on any atom is -0.373 e. The highest BCUT2D eigenvalue weighted by Crippen LogP contribution is 2.21. The minimum atomic E-state index is -4.42. The van der Waals surface area contributed by atoms with Gasteiger partial charge in [0.25, 0.3) is 5.91 Å². The largest absolute Gasteiger partial charge is 0.406 e. The molecule has 4 nitrogen and oxygen atoms in total. The van der Waals surface area contributed by atoms with Gasteiger partial charge in [0.15, 0.2) is 0 Å². The molecule has 1 N–H and O–H groups in total. The van der Waals surface area contributed by atoms with E-state index >= 15 is 0 Å². The Balaban J connectivity index is 3.09. The molecule has 7 heteroatoms. The summed E-state index contributed by atoms with van der Waals surface area (Å²) in [7, 11) is 1.63. The second-order valence-corrected chi connectivity index (χ2v) is 4.77. The molecule has 0 saturated heterocycles. The normalized spacial score (nSPS) is 11.6. The third-order valence-electron chi connectivity index (χ3n) is 2.69. The fourth-order valence-corrected chi connectivity index (χ4v) is 1.77. The van der Waals surface area contributed by atoms with Crippen LogP contribution in [0.15, 0.2) is 12.1 Å². The first kappa shape index (κ1) is 16.3. The summed E-state index contributed by atoms with van der Waals surface area (Å²) in [5.41, 5.74) is 0.760. The van der Waals surface area contributed by atoms with Gasteiger partial charge < -0.3 is 10.2 Å². The number of pyridine rings is 1. The number of hydrogen-bond donors (Lipinski definition) is 1. The fraction of sp³-hybridized carbons (Fsp3) is 0.538. The van der Waals surface area contributed by atoms with Gasteiger partial charge in [0.05, 0.1) is 0 Å². The van der Waals surface area contributed by atoms with Crippen molar-refractivity contribution in [3.63, 3.8) is 0 Å². The van der Waals surface area contributed by atoms with E-state index in [9.17, 15) is 18.0 Å². The molecule has 0 saturated carbocycles. The first-order chi connectivity index (χ1) is 9.14. The molecule has 0 aliphatic rings. The first-order valence-corrected chi connectivity index (χ1v) is 6.18. The first-order valence-electron chi connectivity index (χ1n) is 6.18. The van der Waals surface area contributed by atoms with Crippen LogP contribution in [0.3, 0.4) is 0 Å². The second-order valence-electron chi connectivity index (χ2n) is 4.77. The van der Waals surface area contributed by atoms with E-state index in [-0.39, 0.29) is 5.56 Å². The maximum absolute atomic E-state index is 12.5. The maximum atomic E-state index is 12.5. The molecule has 0 fully saturated rings. The Bertz CT molecular complexity index is 486. The van der Waals surface area contributed by atoms with Crippen LogP contribution in [0, 0.1) is 6.92 Å². The van der Waals surface area contributed by atoms with Crippen molar-refractivity contribution in [2.24, 2.45) is 0 Å². The number of alkyl halides is 3. The predicted octanol–water partition coefficient (Wildman–Crippen LogP) is 2.84. The molecule has 1 aromatic rings. The summed E-state index contributed by atoms with van der Waals surface area (Å²) in [4.78, 5) is 17.2. The van der Waals surface area contributed by atoms with Crippen molar-refractivity contribution < 1.29 is 18.0 Å². The van der Waals surface area contributed by atoms with Crippen LogP contribution in [-0.4, -0.2) is 41.6 Å². The van der Waals surface area contributed by atoms with E-state index in [1.54, 1.807) is 27.8 Å². The van der Waals surface area contributed by atoms with Gasteiger partial charge in [0.2, 0.25) is 0 Å². The lowest BCUT2D eigenvalue weighted by molar-refractivity contribution is -0.143. The van der Waals surface area contributed by atoms with E-state index in [1.165, 1.54) is 12.1 Å². The molecule has 1 rings (SSSR count). The molecule has 1 heterocycles. The molecule has 0 aliphatic carbocycles. The Labute approximate surface area is 116 Å². The Morgan fingerprint density at radius 3 is 2.45 bits per heavy atom. The molecule has 20 heavy (non-hydrogen) atoms. The van der Waals surface area contributed by atoms with Crippen LogP contribution in [0.25, 0.3) is 0 Å². The number of anilines is 1. The standard InChI is InChI=1S/C13H18F3N3O/c1-8(2)19(7-13(14,15)16)12(20)10-5-9(3)18-11(6-10)17-4/h5-6,8H,7H2,1-4H3,(H,17,18). The molecule has 0 bridgehead atoms. The zero-order chi connectivity index (χ0) is 15.5. The van der Waals surface area contributed by atoms with Crippen LogP contribution in [0.5, 0.6) is 0 Å². The van der Waals surface area contributed by atoms with E-state index in [4.69, 9.17) is 0 Å². The number of rotatable bonds is 4. The van der Waals surface area contributed by atoms with E-state index in [0.29, 0.717) is 11.5 Å². The third-order valence-corrected chi connectivity index (χ3v) is 2.69. The highest BCUT2D eigenvalue weighted by atomic mass is 19.4. The molecule has 1 aromatic heterocycles. The van der Waals surface area contributed by atoms with Crippen LogP contribution < -0.4 is 5.32 Å². The second kappa shape index (κ2) is 6.11. The maximum Gasteiger partial charge on any atom is 0.406 e. The predicted molar refractivity (Wildman–Crippen MR) is 70.7 cm³/mol. The van der Waals surface area contributed by atoms with Crippen molar-refractivity contribution in [3.05, 3.63) is 23.4 Å². The molecule has 0 aromatic carbocycles. The summed E-state index contributed by atoms with van der Waals surface area (Å²) in [6.07, 6.45) is -4.42. The number of aromatic nitrogens is 1. The molecule has 1 amide bonds. The molecule has 0 atom stereocenters. The minimum absolute atomic E-state index is 0.194. The molecule has 0 radical (unpaired) electrons. The van der Waals surface area contributed by atoms with Crippen molar-refractivity contribution in [2.75, 3.05) is 18.9 Å². The number of carbonyl (C=O) groups is 1. The number of halogens is 3. The van der Waals surface area contributed by atoms with E-state index < -0.39 is 24.7 Å². The number of hydrogen-bond acceptors (Lipinski definition) is 3. The number of aryl methyl sites for hydroxylation is 1. The Hall–Kier alpha value is -1.79. The van der Waals surface area contributed by atoms with Crippen molar-refractivity contribution in [3.8, 4) is 0 Å². The molecule has 0 aliphatic heterocycles. The third kappa shape index (κ3) is 4.40. The molecule has 0 spiro atoms. The Morgan fingerprint density at radius 1 is 1.40 bits per heavy atom. The van der Waals surface area contributed by atoms with Crippen molar-refractivity contribution >= 4 is 11.7 Å². The van der Waals surface area contributed by atoms with Crippen LogP contribution >= 0.6 is 0 Å². The van der Waals surface area contributed by atoms with Gasteiger partial charge in [0.1, 0.15) is 12.4 Å². The zero-order valence-electron chi connectivity index (χ0n) is 11.9. The fourth-order valence-electron chi connectivity index (χ4n) is 1.77. The van der Waals surface area contributed by atoms with Gasteiger partial charge >= 0.3 is 6.18 Å². The monoisotopic (exact) mass is 289 g/mol. The van der Waals surface area contributed by atoms with E-state index in [1.807, 2.05) is 0 Å². The number of nitrogens with one attached hydrogen (secondary N) is 1. The molecular weight excluding hydrogens is 271 g/mol. The van der Waals surface area contributed by atoms with Crippen LogP contribution in [-0.2, 0) is 0 Å². The van der Waals surface area contributed by atoms with Gasteiger partial charge in [-0.15, -0.1) is 0 Å². The van der Waals surface area contributed by atoms with Crippen molar-refractivity contribution in [1.82, 2.24) is 9.88 Å². The lowest BCUT2D eigenvalue weighted by Gasteiger charge is -2.28. The molecule has 0 unspecified atom stereocenters. The number of amides is 1. The van der Waals surface area contributed by atoms with Gasteiger partial charge in [-0.05, 0) is 32.9 Å². The van der Waals surface area contributed by atoms with Gasteiger partial charge in [-0.2, -0.15) is 13.2 Å². The average Bonchev–Trinajstić information content (AvgIpc) is 2.33. The summed E-state index contributed by atoms with van der Waals surface area (Å²) < 4.78 is 37.6. The Kier molecular flexibility index (Phi) is 4.97. The smallest absolute Gasteiger partial charge is 0.373 e. The van der Waals surface area contributed by atoms with Crippen molar-refractivity contribution in [1.29, 1.82) is 0 Å². The zero-order valence-corrected chi connectivity index (χ0v) is 11.9. The lowest BCUT2D eigenvalue weighted by Crippen LogP contribution is -2.43. The summed E-state index contributed by atoms with van der Waals surface area (Å²) in [6, 6.07) is 2.38. The Morgan fingerprint density at radius 2 is 2.00 bits per heavy atom. The van der Waals surface area contributed by atoms with Gasteiger partial charge in [-0.25, -0.2) is 4.98 Å². The lowest BCUT2D eigenvalue weighted by atomic mass is 10.1. The summed E-state index contributed by atoms with van der Waals surface area (Å²) >= 11 is 0. The summed E-state index contributed by atoms with van der Waals surface area (Å²) in [6.45, 7) is 3.52. The highest BCUT2D eigenvalue weighted by molar-refractivity contribution is 5.95. The average molecular weight is 289 g/mol. The van der Waals surface area contributed by atoms with Gasteiger partial charge in [0, 0.05) is 24.3 Å². The van der Waals surface area contributed by atoms with Gasteiger partial charge in [-0.1, -0.05) is 0 Å². The number of nitrogens with zero attached hydrogens (tertiary/aromatic N) is 2. The molecular formula is C13H18F3N3O. The van der Waals surface area contributed by atoms with E-state index in [0.717, 1.165) is 4.90 Å². The highest BCUT2D eigenvalue weighted by Gasteiger charge is 2.34. The quantitative estimate of drug-likeness (QED) is 0.927. The van der Waals surface area contributed by atoms with Crippen LogP contribution in [0.4, 0.5) is 19.0 Å². The van der Waals surface area contributed by atoms with Crippen molar-refractivity contribution in [2.45, 2.75) is 33.0 Å². The van der Waals surface area contributed by atoms with Gasteiger partial charge in [-0.3, -0.25) is 4.79 Å². The van der Waals surface area contributed by atoms with Crippen LogP contribution in [0.2, 0.25) is 0 Å². The summed E-state index contributed by atoms with van der Waals surface area (Å²) in [5, 5.41) is 2.78. The molecule has 112 valence electrons. The summed E-state index contributed by atoms with van der Waals surface area (Å²) in [5.74, 6) is -0.205.